The number of carbonyl (C=O) groups is 1. The summed E-state index contributed by atoms with van der Waals surface area (Å²) in [6.07, 6.45) is -2.91. The number of ether oxygens (including phenoxy) is 1. The molecule has 0 saturated heterocycles. The van der Waals surface area contributed by atoms with Gasteiger partial charge in [-0.3, -0.25) is 4.79 Å². The van der Waals surface area contributed by atoms with Crippen molar-refractivity contribution in [2.75, 3.05) is 13.7 Å². The molecule has 0 aliphatic heterocycles. The average Bonchev–Trinajstić information content (AvgIpc) is 2.31. The summed E-state index contributed by atoms with van der Waals surface area (Å²) < 4.78 is 30.6. The first-order valence-electron chi connectivity index (χ1n) is 4.71. The van der Waals surface area contributed by atoms with Crippen molar-refractivity contribution in [2.45, 2.75) is 11.8 Å². The molecule has 2 N–H and O–H groups in total. The molecule has 1 rings (SSSR count). The van der Waals surface area contributed by atoms with Gasteiger partial charge in [-0.25, -0.2) is 8.78 Å². The van der Waals surface area contributed by atoms with E-state index >= 15 is 0 Å². The summed E-state index contributed by atoms with van der Waals surface area (Å²) in [5.74, 6) is -1.02. The highest BCUT2D eigenvalue weighted by Gasteiger charge is 2.49. The van der Waals surface area contributed by atoms with E-state index in [9.17, 15) is 13.6 Å². The van der Waals surface area contributed by atoms with E-state index in [0.29, 0.717) is 0 Å². The van der Waals surface area contributed by atoms with Crippen LogP contribution in [-0.2, 0) is 14.9 Å². The van der Waals surface area contributed by atoms with E-state index in [1.54, 1.807) is 18.2 Å². The van der Waals surface area contributed by atoms with E-state index in [0.717, 1.165) is 7.11 Å². The molecule has 5 heteroatoms. The Bertz CT molecular complexity index is 356. The Morgan fingerprint density at radius 2 is 2.00 bits per heavy atom. The van der Waals surface area contributed by atoms with Crippen LogP contribution in [0.1, 0.15) is 5.56 Å². The number of carbonyl (C=O) groups excluding carboxylic acids is 1. The fraction of sp³-hybridized carbons (Fsp3) is 0.364. The molecule has 0 spiro atoms. The fourth-order valence-corrected chi connectivity index (χ4v) is 1.54. The molecule has 0 aliphatic rings. The van der Waals surface area contributed by atoms with Crippen LogP contribution in [0.25, 0.3) is 0 Å². The zero-order chi connectivity index (χ0) is 12.2. The van der Waals surface area contributed by atoms with Gasteiger partial charge in [-0.15, -0.1) is 0 Å². The molecule has 1 unspecified atom stereocenters. The van der Waals surface area contributed by atoms with Gasteiger partial charge in [0.05, 0.1) is 7.11 Å². The Hall–Kier alpha value is -1.49. The summed E-state index contributed by atoms with van der Waals surface area (Å²) in [6, 6.07) is 7.70. The quantitative estimate of drug-likeness (QED) is 0.792. The molecule has 88 valence electrons. The van der Waals surface area contributed by atoms with Crippen molar-refractivity contribution in [1.29, 1.82) is 0 Å². The number of alkyl halides is 2. The first kappa shape index (κ1) is 12.6. The summed E-state index contributed by atoms with van der Waals surface area (Å²) in [6.45, 7) is -0.499. The van der Waals surface area contributed by atoms with Crippen LogP contribution >= 0.6 is 0 Å². The predicted octanol–water partition coefficient (Wildman–Crippen LogP) is 1.32. The standard InChI is InChI=1S/C11H13F2NO2/c1-16-10(15)11(7-14,9(12)13)8-5-3-2-4-6-8/h2-6,9H,7,14H2,1H3. The maximum Gasteiger partial charge on any atom is 0.323 e. The van der Waals surface area contributed by atoms with Crippen LogP contribution in [0.4, 0.5) is 8.78 Å². The Kier molecular flexibility index (Phi) is 3.95. The summed E-state index contributed by atoms with van der Waals surface area (Å²) in [4.78, 5) is 11.5. The van der Waals surface area contributed by atoms with Gasteiger partial charge in [0.15, 0.2) is 5.41 Å². The fourth-order valence-electron chi connectivity index (χ4n) is 1.54. The monoisotopic (exact) mass is 229 g/mol. The Labute approximate surface area is 92.2 Å². The number of halogens is 2. The predicted molar refractivity (Wildman–Crippen MR) is 55.2 cm³/mol. The molecule has 0 saturated carbocycles. The molecule has 1 atom stereocenters. The summed E-state index contributed by atoms with van der Waals surface area (Å²) in [5.41, 5.74) is 3.43. The SMILES string of the molecule is COC(=O)C(CN)(c1ccccc1)C(F)F. The minimum Gasteiger partial charge on any atom is -0.468 e. The maximum absolute atomic E-state index is 13.1. The highest BCUT2D eigenvalue weighted by Crippen LogP contribution is 2.31. The van der Waals surface area contributed by atoms with Crippen molar-refractivity contribution in [1.82, 2.24) is 0 Å². The maximum atomic E-state index is 13.1. The van der Waals surface area contributed by atoms with Crippen LogP contribution in [0.2, 0.25) is 0 Å². The zero-order valence-electron chi connectivity index (χ0n) is 8.82. The highest BCUT2D eigenvalue weighted by molar-refractivity contribution is 5.84. The smallest absolute Gasteiger partial charge is 0.323 e. The third-order valence-corrected chi connectivity index (χ3v) is 2.53. The molecule has 0 fully saturated rings. The van der Waals surface area contributed by atoms with E-state index in [1.807, 2.05) is 0 Å². The zero-order valence-corrected chi connectivity index (χ0v) is 8.82. The molecule has 0 aromatic heterocycles. The summed E-state index contributed by atoms with van der Waals surface area (Å²) in [5, 5.41) is 0. The number of nitrogens with two attached hydrogens (primary N) is 1. The van der Waals surface area contributed by atoms with Gasteiger partial charge in [-0.2, -0.15) is 0 Å². The Morgan fingerprint density at radius 3 is 2.38 bits per heavy atom. The van der Waals surface area contributed by atoms with Crippen LogP contribution in [0.15, 0.2) is 30.3 Å². The first-order valence-corrected chi connectivity index (χ1v) is 4.71. The van der Waals surface area contributed by atoms with Gasteiger partial charge in [0.25, 0.3) is 6.43 Å². The van der Waals surface area contributed by atoms with Gasteiger partial charge < -0.3 is 10.5 Å². The Balaban J connectivity index is 3.29. The van der Waals surface area contributed by atoms with E-state index in [1.165, 1.54) is 12.1 Å². The number of methoxy groups -OCH3 is 1. The van der Waals surface area contributed by atoms with Crippen molar-refractivity contribution in [3.8, 4) is 0 Å². The van der Waals surface area contributed by atoms with Crippen LogP contribution in [-0.4, -0.2) is 26.0 Å². The molecule has 1 aromatic carbocycles. The van der Waals surface area contributed by atoms with Crippen molar-refractivity contribution in [2.24, 2.45) is 5.73 Å². The van der Waals surface area contributed by atoms with Gasteiger partial charge in [0, 0.05) is 6.54 Å². The molecule has 1 aromatic rings. The van der Waals surface area contributed by atoms with Gasteiger partial charge in [0.2, 0.25) is 0 Å². The normalized spacial score (nSPS) is 14.6. The number of hydrogen-bond acceptors (Lipinski definition) is 3. The third-order valence-electron chi connectivity index (χ3n) is 2.53. The number of rotatable bonds is 4. The molecule has 0 aliphatic carbocycles. The molecule has 0 amide bonds. The van der Waals surface area contributed by atoms with E-state index in [4.69, 9.17) is 5.73 Å². The summed E-state index contributed by atoms with van der Waals surface area (Å²) >= 11 is 0. The Morgan fingerprint density at radius 1 is 1.44 bits per heavy atom. The molecular weight excluding hydrogens is 216 g/mol. The van der Waals surface area contributed by atoms with Gasteiger partial charge in [-0.1, -0.05) is 30.3 Å². The average molecular weight is 229 g/mol. The van der Waals surface area contributed by atoms with Crippen molar-refractivity contribution >= 4 is 5.97 Å². The lowest BCUT2D eigenvalue weighted by Crippen LogP contribution is -2.49. The molecule has 16 heavy (non-hydrogen) atoms. The molecule has 3 nitrogen and oxygen atoms in total. The minimum absolute atomic E-state index is 0.166. The van der Waals surface area contributed by atoms with Crippen LogP contribution in [0, 0.1) is 0 Å². The second-order valence-corrected chi connectivity index (χ2v) is 3.33. The number of hydrogen-bond donors (Lipinski definition) is 1. The highest BCUT2D eigenvalue weighted by atomic mass is 19.3. The van der Waals surface area contributed by atoms with Gasteiger partial charge in [0.1, 0.15) is 0 Å². The van der Waals surface area contributed by atoms with Crippen molar-refractivity contribution < 1.29 is 18.3 Å². The molecule has 0 radical (unpaired) electrons. The lowest BCUT2D eigenvalue weighted by molar-refractivity contribution is -0.153. The molecular formula is C11H13F2NO2. The second kappa shape index (κ2) is 5.03. The van der Waals surface area contributed by atoms with E-state index in [2.05, 4.69) is 4.74 Å². The van der Waals surface area contributed by atoms with E-state index < -0.39 is 24.4 Å². The molecule has 0 bridgehead atoms. The van der Waals surface area contributed by atoms with Crippen LogP contribution in [0.3, 0.4) is 0 Å². The summed E-state index contributed by atoms with van der Waals surface area (Å²) in [7, 11) is 1.07. The third kappa shape index (κ3) is 1.90. The first-order chi connectivity index (χ1) is 7.59. The minimum atomic E-state index is -2.91. The lowest BCUT2D eigenvalue weighted by Gasteiger charge is -2.28. The topological polar surface area (TPSA) is 52.3 Å². The number of esters is 1. The van der Waals surface area contributed by atoms with Gasteiger partial charge in [-0.05, 0) is 5.56 Å². The van der Waals surface area contributed by atoms with E-state index in [-0.39, 0.29) is 5.56 Å². The van der Waals surface area contributed by atoms with Gasteiger partial charge >= 0.3 is 5.97 Å². The van der Waals surface area contributed by atoms with Crippen LogP contribution in [0.5, 0.6) is 0 Å². The molecule has 0 heterocycles. The van der Waals surface area contributed by atoms with Crippen LogP contribution < -0.4 is 5.73 Å². The lowest BCUT2D eigenvalue weighted by atomic mass is 9.81. The second-order valence-electron chi connectivity index (χ2n) is 3.33. The van der Waals surface area contributed by atoms with Crippen molar-refractivity contribution in [3.05, 3.63) is 35.9 Å². The van der Waals surface area contributed by atoms with Crippen molar-refractivity contribution in [3.63, 3.8) is 0 Å². The largest absolute Gasteiger partial charge is 0.468 e. The number of benzene rings is 1.